The Morgan fingerprint density at radius 3 is 2.56 bits per heavy atom. The Hall–Kier alpha value is -2.12. The third-order valence-corrected chi connectivity index (χ3v) is 6.61. The molecule has 1 N–H and O–H groups in total. The molecule has 1 aliphatic heterocycles. The van der Waals surface area contributed by atoms with E-state index in [0.717, 1.165) is 5.56 Å². The van der Waals surface area contributed by atoms with Gasteiger partial charge >= 0.3 is 0 Å². The minimum atomic E-state index is -3.50. The summed E-state index contributed by atoms with van der Waals surface area (Å²) in [5.41, 5.74) is 0.737. The number of benzene rings is 1. The van der Waals surface area contributed by atoms with Crippen molar-refractivity contribution in [1.29, 1.82) is 0 Å². The van der Waals surface area contributed by atoms with Gasteiger partial charge in [-0.15, -0.1) is 0 Å². The van der Waals surface area contributed by atoms with Gasteiger partial charge in [-0.1, -0.05) is 18.2 Å². The molecule has 2 heterocycles. The van der Waals surface area contributed by atoms with Crippen molar-refractivity contribution in [3.8, 4) is 0 Å². The van der Waals surface area contributed by atoms with Crippen LogP contribution in [0.3, 0.4) is 0 Å². The summed E-state index contributed by atoms with van der Waals surface area (Å²) in [6, 6.07) is 10.6. The zero-order valence-corrected chi connectivity index (χ0v) is 15.0. The maximum atomic E-state index is 12.8. The maximum absolute atomic E-state index is 12.8. The number of nitrogens with zero attached hydrogens (tertiary/aromatic N) is 1. The van der Waals surface area contributed by atoms with Crippen LogP contribution in [0.15, 0.2) is 52.0 Å². The lowest BCUT2D eigenvalue weighted by Gasteiger charge is -2.30. The third kappa shape index (κ3) is 3.93. The lowest BCUT2D eigenvalue weighted by atomic mass is 9.97. The predicted octanol–water partition coefficient (Wildman–Crippen LogP) is 2.31. The highest BCUT2D eigenvalue weighted by Gasteiger charge is 2.32. The maximum Gasteiger partial charge on any atom is 0.243 e. The summed E-state index contributed by atoms with van der Waals surface area (Å²) in [5, 5.41) is 2.85. The first-order valence-electron chi connectivity index (χ1n) is 8.34. The van der Waals surface area contributed by atoms with Gasteiger partial charge in [0.05, 0.1) is 17.7 Å². The molecule has 1 saturated heterocycles. The second kappa shape index (κ2) is 7.41. The Morgan fingerprint density at radius 1 is 1.20 bits per heavy atom. The van der Waals surface area contributed by atoms with Gasteiger partial charge in [0.2, 0.25) is 15.9 Å². The highest BCUT2D eigenvalue weighted by atomic mass is 32.2. The smallest absolute Gasteiger partial charge is 0.243 e. The number of aryl methyl sites for hydroxylation is 1. The first-order valence-corrected chi connectivity index (χ1v) is 9.78. The summed E-state index contributed by atoms with van der Waals surface area (Å²) in [6.07, 6.45) is 2.61. The molecule has 1 amide bonds. The highest BCUT2D eigenvalue weighted by molar-refractivity contribution is 7.89. The van der Waals surface area contributed by atoms with Gasteiger partial charge in [0.25, 0.3) is 0 Å². The van der Waals surface area contributed by atoms with E-state index in [2.05, 4.69) is 5.32 Å². The van der Waals surface area contributed by atoms with Gasteiger partial charge in [0, 0.05) is 19.0 Å². The number of carbonyl (C=O) groups is 1. The van der Waals surface area contributed by atoms with Crippen molar-refractivity contribution in [2.45, 2.75) is 31.2 Å². The number of carbonyl (C=O) groups excluding carboxylic acids is 1. The number of amides is 1. The average molecular weight is 362 g/mol. The molecular weight excluding hydrogens is 340 g/mol. The minimum Gasteiger partial charge on any atom is -0.467 e. The van der Waals surface area contributed by atoms with Crippen LogP contribution < -0.4 is 5.32 Å². The van der Waals surface area contributed by atoms with Gasteiger partial charge in [-0.2, -0.15) is 4.31 Å². The van der Waals surface area contributed by atoms with Crippen LogP contribution in [-0.2, 0) is 21.4 Å². The van der Waals surface area contributed by atoms with E-state index >= 15 is 0 Å². The molecule has 2 aromatic rings. The van der Waals surface area contributed by atoms with Crippen molar-refractivity contribution in [2.75, 3.05) is 13.1 Å². The normalized spacial score (nSPS) is 16.7. The fraction of sp³-hybridized carbons (Fsp3) is 0.389. The predicted molar refractivity (Wildman–Crippen MR) is 93.2 cm³/mol. The van der Waals surface area contributed by atoms with Crippen LogP contribution in [0.4, 0.5) is 0 Å². The lowest BCUT2D eigenvalue weighted by molar-refractivity contribution is -0.126. The van der Waals surface area contributed by atoms with Crippen LogP contribution in [0.25, 0.3) is 0 Å². The standard InChI is InChI=1S/C18H22N2O4S/c1-14-5-2-3-7-17(14)25(22,23)20-10-8-15(9-11-20)18(21)19-13-16-6-4-12-24-16/h2-7,12,15H,8-11,13H2,1H3,(H,19,21). The van der Waals surface area contributed by atoms with Crippen LogP contribution in [0, 0.1) is 12.8 Å². The van der Waals surface area contributed by atoms with E-state index in [1.807, 2.05) is 6.07 Å². The zero-order valence-electron chi connectivity index (χ0n) is 14.1. The second-order valence-electron chi connectivity index (χ2n) is 6.24. The number of furan rings is 1. The van der Waals surface area contributed by atoms with Crippen molar-refractivity contribution < 1.29 is 17.6 Å². The minimum absolute atomic E-state index is 0.0515. The number of nitrogens with one attached hydrogen (secondary N) is 1. The number of piperidine rings is 1. The molecular formula is C18H22N2O4S. The van der Waals surface area contributed by atoms with Crippen molar-refractivity contribution in [3.63, 3.8) is 0 Å². The van der Waals surface area contributed by atoms with Crippen molar-refractivity contribution >= 4 is 15.9 Å². The number of hydrogen-bond acceptors (Lipinski definition) is 4. The Balaban J connectivity index is 1.58. The van der Waals surface area contributed by atoms with E-state index in [0.29, 0.717) is 43.1 Å². The Labute approximate surface area is 147 Å². The van der Waals surface area contributed by atoms with E-state index in [-0.39, 0.29) is 11.8 Å². The molecule has 6 nitrogen and oxygen atoms in total. The molecule has 134 valence electrons. The molecule has 0 unspecified atom stereocenters. The average Bonchev–Trinajstić information content (AvgIpc) is 3.13. The molecule has 1 fully saturated rings. The Bertz CT molecular complexity index is 823. The van der Waals surface area contributed by atoms with Crippen LogP contribution in [0.1, 0.15) is 24.2 Å². The first-order chi connectivity index (χ1) is 12.0. The molecule has 1 aliphatic rings. The van der Waals surface area contributed by atoms with E-state index < -0.39 is 10.0 Å². The van der Waals surface area contributed by atoms with E-state index in [1.54, 1.807) is 43.5 Å². The number of sulfonamides is 1. The van der Waals surface area contributed by atoms with Gasteiger partial charge in [0.1, 0.15) is 5.76 Å². The van der Waals surface area contributed by atoms with Gasteiger partial charge < -0.3 is 9.73 Å². The fourth-order valence-corrected chi connectivity index (χ4v) is 4.77. The van der Waals surface area contributed by atoms with Gasteiger partial charge in [-0.25, -0.2) is 8.42 Å². The summed E-state index contributed by atoms with van der Waals surface area (Å²) in [6.45, 7) is 2.86. The van der Waals surface area contributed by atoms with E-state index in [1.165, 1.54) is 4.31 Å². The quantitative estimate of drug-likeness (QED) is 0.885. The van der Waals surface area contributed by atoms with Crippen LogP contribution in [0.5, 0.6) is 0 Å². The topological polar surface area (TPSA) is 79.6 Å². The molecule has 3 rings (SSSR count). The fourth-order valence-electron chi connectivity index (χ4n) is 3.08. The molecule has 0 saturated carbocycles. The molecule has 0 radical (unpaired) electrons. The lowest BCUT2D eigenvalue weighted by Crippen LogP contribution is -2.43. The second-order valence-corrected chi connectivity index (χ2v) is 8.15. The third-order valence-electron chi connectivity index (χ3n) is 4.55. The van der Waals surface area contributed by atoms with Gasteiger partial charge in [-0.3, -0.25) is 4.79 Å². The molecule has 25 heavy (non-hydrogen) atoms. The summed E-state index contributed by atoms with van der Waals surface area (Å²) in [4.78, 5) is 12.6. The molecule has 0 bridgehead atoms. The van der Waals surface area contributed by atoms with E-state index in [4.69, 9.17) is 4.42 Å². The summed E-state index contributed by atoms with van der Waals surface area (Å²) < 4.78 is 32.2. The largest absolute Gasteiger partial charge is 0.467 e. The van der Waals surface area contributed by atoms with Crippen molar-refractivity contribution in [3.05, 3.63) is 54.0 Å². The van der Waals surface area contributed by atoms with E-state index in [9.17, 15) is 13.2 Å². The van der Waals surface area contributed by atoms with Crippen LogP contribution in [0.2, 0.25) is 0 Å². The SMILES string of the molecule is Cc1ccccc1S(=O)(=O)N1CCC(C(=O)NCc2ccco2)CC1. The molecule has 0 spiro atoms. The van der Waals surface area contributed by atoms with Crippen LogP contribution >= 0.6 is 0 Å². The Morgan fingerprint density at radius 2 is 1.92 bits per heavy atom. The highest BCUT2D eigenvalue weighted by Crippen LogP contribution is 2.25. The molecule has 7 heteroatoms. The number of rotatable bonds is 5. The number of hydrogen-bond donors (Lipinski definition) is 1. The summed E-state index contributed by atoms with van der Waals surface area (Å²) in [7, 11) is -3.50. The first kappa shape index (κ1) is 17.7. The van der Waals surface area contributed by atoms with Crippen molar-refractivity contribution in [1.82, 2.24) is 9.62 Å². The molecule has 1 aromatic heterocycles. The zero-order chi connectivity index (χ0) is 17.9. The monoisotopic (exact) mass is 362 g/mol. The van der Waals surface area contributed by atoms with Gasteiger partial charge in [-0.05, 0) is 43.5 Å². The Kier molecular flexibility index (Phi) is 5.24. The van der Waals surface area contributed by atoms with Crippen molar-refractivity contribution in [2.24, 2.45) is 5.92 Å². The van der Waals surface area contributed by atoms with Crippen LogP contribution in [-0.4, -0.2) is 31.7 Å². The summed E-state index contributed by atoms with van der Waals surface area (Å²) >= 11 is 0. The molecule has 0 atom stereocenters. The molecule has 1 aromatic carbocycles. The summed E-state index contributed by atoms with van der Waals surface area (Å²) in [5.74, 6) is 0.482. The molecule has 0 aliphatic carbocycles. The van der Waals surface area contributed by atoms with Gasteiger partial charge in [0.15, 0.2) is 0 Å².